The van der Waals surface area contributed by atoms with Crippen molar-refractivity contribution in [1.82, 2.24) is 5.32 Å². The van der Waals surface area contributed by atoms with Gasteiger partial charge in [0.1, 0.15) is 0 Å². The first kappa shape index (κ1) is 17.5. The summed E-state index contributed by atoms with van der Waals surface area (Å²) in [5.41, 5.74) is 4.83. The van der Waals surface area contributed by atoms with E-state index in [2.05, 4.69) is 48.3 Å². The van der Waals surface area contributed by atoms with E-state index in [0.29, 0.717) is 16.5 Å². The SMILES string of the molecule is COc1cc2c(c(Cl)c1OC)CCNCC2c1ccc(CS)cc1. The summed E-state index contributed by atoms with van der Waals surface area (Å²) in [6, 6.07) is 10.7. The molecule has 1 atom stereocenters. The number of rotatable bonds is 4. The number of hydrogen-bond donors (Lipinski definition) is 2. The highest BCUT2D eigenvalue weighted by Gasteiger charge is 2.26. The molecule has 3 nitrogen and oxygen atoms in total. The summed E-state index contributed by atoms with van der Waals surface area (Å²) in [6.45, 7) is 1.77. The van der Waals surface area contributed by atoms with Crippen molar-refractivity contribution in [3.05, 3.63) is 57.6 Å². The van der Waals surface area contributed by atoms with Gasteiger partial charge in [-0.1, -0.05) is 35.9 Å². The van der Waals surface area contributed by atoms with Crippen LogP contribution in [0.4, 0.5) is 0 Å². The summed E-state index contributed by atoms with van der Waals surface area (Å²) >= 11 is 11.0. The summed E-state index contributed by atoms with van der Waals surface area (Å²) in [5.74, 6) is 2.27. The van der Waals surface area contributed by atoms with Crippen molar-refractivity contribution in [2.75, 3.05) is 27.3 Å². The lowest BCUT2D eigenvalue weighted by Gasteiger charge is -2.22. The van der Waals surface area contributed by atoms with Crippen molar-refractivity contribution in [1.29, 1.82) is 0 Å². The van der Waals surface area contributed by atoms with E-state index in [1.54, 1.807) is 14.2 Å². The Bertz CT molecular complexity index is 718. The average molecular weight is 364 g/mol. The van der Waals surface area contributed by atoms with Crippen LogP contribution in [0.25, 0.3) is 0 Å². The molecule has 0 radical (unpaired) electrons. The van der Waals surface area contributed by atoms with Crippen LogP contribution in [0.5, 0.6) is 11.5 Å². The molecule has 0 saturated carbocycles. The Balaban J connectivity index is 2.12. The predicted molar refractivity (Wildman–Crippen MR) is 102 cm³/mol. The van der Waals surface area contributed by atoms with E-state index in [-0.39, 0.29) is 5.92 Å². The Hall–Kier alpha value is -1.36. The van der Waals surface area contributed by atoms with Crippen LogP contribution in [0.3, 0.4) is 0 Å². The fraction of sp³-hybridized carbons (Fsp3) is 0.368. The maximum atomic E-state index is 6.64. The van der Waals surface area contributed by atoms with Crippen LogP contribution < -0.4 is 14.8 Å². The standard InChI is InChI=1S/C19H22ClNO2S/c1-22-17-9-15-14(18(20)19(17)23-2)7-8-21-10-16(15)13-5-3-12(11-24)4-6-13/h3-6,9,16,21,24H,7-8,10-11H2,1-2H3. The van der Waals surface area contributed by atoms with Crippen LogP contribution in [0.2, 0.25) is 5.02 Å². The third-order valence-electron chi connectivity index (χ3n) is 4.59. The van der Waals surface area contributed by atoms with Crippen molar-refractivity contribution in [3.8, 4) is 11.5 Å². The van der Waals surface area contributed by atoms with Gasteiger partial charge in [0.15, 0.2) is 11.5 Å². The second kappa shape index (κ2) is 7.68. The van der Waals surface area contributed by atoms with Gasteiger partial charge in [0.2, 0.25) is 0 Å². The van der Waals surface area contributed by atoms with E-state index >= 15 is 0 Å². The average Bonchev–Trinajstić information content (AvgIpc) is 2.84. The zero-order valence-corrected chi connectivity index (χ0v) is 15.6. The number of halogens is 1. The number of hydrogen-bond acceptors (Lipinski definition) is 4. The van der Waals surface area contributed by atoms with Gasteiger partial charge in [-0.05, 0) is 41.3 Å². The highest BCUT2D eigenvalue weighted by Crippen LogP contribution is 2.43. The summed E-state index contributed by atoms with van der Waals surface area (Å²) in [5, 5.41) is 4.18. The quantitative estimate of drug-likeness (QED) is 0.803. The molecule has 0 spiro atoms. The molecule has 24 heavy (non-hydrogen) atoms. The van der Waals surface area contributed by atoms with Gasteiger partial charge < -0.3 is 14.8 Å². The summed E-state index contributed by atoms with van der Waals surface area (Å²) < 4.78 is 11.0. The number of fused-ring (bicyclic) bond motifs is 1. The minimum Gasteiger partial charge on any atom is -0.493 e. The van der Waals surface area contributed by atoms with E-state index in [1.165, 1.54) is 16.7 Å². The van der Waals surface area contributed by atoms with E-state index in [4.69, 9.17) is 21.1 Å². The Morgan fingerprint density at radius 3 is 2.58 bits per heavy atom. The minimum atomic E-state index is 0.230. The Kier molecular flexibility index (Phi) is 5.59. The number of nitrogens with one attached hydrogen (secondary N) is 1. The van der Waals surface area contributed by atoms with Gasteiger partial charge in [0.25, 0.3) is 0 Å². The Morgan fingerprint density at radius 2 is 1.96 bits per heavy atom. The van der Waals surface area contributed by atoms with Gasteiger partial charge in [-0.15, -0.1) is 0 Å². The molecule has 0 fully saturated rings. The predicted octanol–water partition coefficient (Wildman–Crippen LogP) is 4.06. The van der Waals surface area contributed by atoms with Crippen LogP contribution in [0, 0.1) is 0 Å². The first-order chi connectivity index (χ1) is 11.7. The van der Waals surface area contributed by atoms with Crippen molar-refractivity contribution in [3.63, 3.8) is 0 Å². The topological polar surface area (TPSA) is 30.5 Å². The van der Waals surface area contributed by atoms with E-state index in [1.807, 2.05) is 0 Å². The second-order valence-corrected chi connectivity index (χ2v) is 6.59. The number of methoxy groups -OCH3 is 2. The second-order valence-electron chi connectivity index (χ2n) is 5.90. The molecule has 128 valence electrons. The van der Waals surface area contributed by atoms with Gasteiger partial charge in [0, 0.05) is 18.2 Å². The fourth-order valence-corrected chi connectivity index (χ4v) is 3.88. The maximum Gasteiger partial charge on any atom is 0.179 e. The van der Waals surface area contributed by atoms with Crippen LogP contribution in [-0.4, -0.2) is 27.3 Å². The van der Waals surface area contributed by atoms with Crippen LogP contribution >= 0.6 is 24.2 Å². The van der Waals surface area contributed by atoms with E-state index in [9.17, 15) is 0 Å². The first-order valence-corrected chi connectivity index (χ1v) is 9.04. The van der Waals surface area contributed by atoms with E-state index < -0.39 is 0 Å². The van der Waals surface area contributed by atoms with Gasteiger partial charge in [0.05, 0.1) is 19.2 Å². The molecule has 1 N–H and O–H groups in total. The van der Waals surface area contributed by atoms with Gasteiger partial charge in [-0.2, -0.15) is 12.6 Å². The molecule has 0 aliphatic carbocycles. The monoisotopic (exact) mass is 363 g/mol. The molecule has 1 unspecified atom stereocenters. The minimum absolute atomic E-state index is 0.230. The smallest absolute Gasteiger partial charge is 0.179 e. The van der Waals surface area contributed by atoms with Crippen LogP contribution in [-0.2, 0) is 12.2 Å². The molecule has 0 saturated heterocycles. The summed E-state index contributed by atoms with van der Waals surface area (Å²) in [4.78, 5) is 0. The molecule has 0 amide bonds. The van der Waals surface area contributed by atoms with Crippen molar-refractivity contribution >= 4 is 24.2 Å². The molecule has 2 aromatic carbocycles. The molecule has 1 heterocycles. The van der Waals surface area contributed by atoms with Crippen molar-refractivity contribution in [2.24, 2.45) is 0 Å². The molecule has 2 aromatic rings. The highest BCUT2D eigenvalue weighted by atomic mass is 35.5. The molecular formula is C19H22ClNO2S. The molecule has 1 aliphatic rings. The number of benzene rings is 2. The lowest BCUT2D eigenvalue weighted by molar-refractivity contribution is 0.354. The Morgan fingerprint density at radius 1 is 1.21 bits per heavy atom. The first-order valence-electron chi connectivity index (χ1n) is 8.03. The molecule has 3 rings (SSSR count). The zero-order chi connectivity index (χ0) is 17.1. The van der Waals surface area contributed by atoms with Crippen molar-refractivity contribution < 1.29 is 9.47 Å². The summed E-state index contributed by atoms with van der Waals surface area (Å²) in [6.07, 6.45) is 0.875. The molecule has 1 aliphatic heterocycles. The fourth-order valence-electron chi connectivity index (χ4n) is 3.30. The molecule has 0 bridgehead atoms. The lowest BCUT2D eigenvalue weighted by atomic mass is 9.87. The summed E-state index contributed by atoms with van der Waals surface area (Å²) in [7, 11) is 3.27. The lowest BCUT2D eigenvalue weighted by Crippen LogP contribution is -2.20. The van der Waals surface area contributed by atoms with Gasteiger partial charge in [-0.25, -0.2) is 0 Å². The Labute approximate surface area is 153 Å². The van der Waals surface area contributed by atoms with Crippen LogP contribution in [0.15, 0.2) is 30.3 Å². The molecular weight excluding hydrogens is 342 g/mol. The normalized spacial score (nSPS) is 17.1. The van der Waals surface area contributed by atoms with Crippen LogP contribution in [0.1, 0.15) is 28.2 Å². The highest BCUT2D eigenvalue weighted by molar-refractivity contribution is 7.79. The zero-order valence-electron chi connectivity index (χ0n) is 13.9. The molecule has 5 heteroatoms. The number of ether oxygens (including phenoxy) is 2. The van der Waals surface area contributed by atoms with Gasteiger partial charge in [-0.3, -0.25) is 0 Å². The molecule has 0 aromatic heterocycles. The number of thiol groups is 1. The van der Waals surface area contributed by atoms with E-state index in [0.717, 1.165) is 30.8 Å². The maximum absolute atomic E-state index is 6.64. The third-order valence-corrected chi connectivity index (χ3v) is 5.35. The largest absolute Gasteiger partial charge is 0.493 e. The third kappa shape index (κ3) is 3.23. The van der Waals surface area contributed by atoms with Gasteiger partial charge >= 0.3 is 0 Å². The van der Waals surface area contributed by atoms with Crippen molar-refractivity contribution in [2.45, 2.75) is 18.1 Å².